The first-order valence-electron chi connectivity index (χ1n) is 5.93. The van der Waals surface area contributed by atoms with Crippen LogP contribution in [0.5, 0.6) is 0 Å². The maximum absolute atomic E-state index is 13.3. The minimum Gasteiger partial charge on any atom is -0.351 e. The maximum atomic E-state index is 13.3. The van der Waals surface area contributed by atoms with Crippen LogP contribution >= 0.6 is 11.8 Å². The van der Waals surface area contributed by atoms with Crippen molar-refractivity contribution in [3.8, 4) is 0 Å². The fourth-order valence-corrected chi connectivity index (χ4v) is 2.30. The fraction of sp³-hybridized carbons (Fsp3) is 0.133. The molecule has 1 N–H and O–H groups in total. The van der Waals surface area contributed by atoms with E-state index in [0.29, 0.717) is 11.3 Å². The molecule has 0 aliphatic heterocycles. The van der Waals surface area contributed by atoms with Crippen molar-refractivity contribution in [3.63, 3.8) is 0 Å². The zero-order chi connectivity index (χ0) is 13.5. The summed E-state index contributed by atoms with van der Waals surface area (Å²) in [5, 5.41) is 2.71. The molecule has 0 unspecified atom stereocenters. The molecule has 2 aromatic rings. The lowest BCUT2D eigenvalue weighted by Gasteiger charge is -2.06. The summed E-state index contributed by atoms with van der Waals surface area (Å²) in [6.07, 6.45) is 0. The molecule has 0 aliphatic rings. The summed E-state index contributed by atoms with van der Waals surface area (Å²) in [6.45, 7) is 0.223. The van der Waals surface area contributed by atoms with E-state index in [1.54, 1.807) is 18.2 Å². The van der Waals surface area contributed by atoms with Gasteiger partial charge in [0.25, 0.3) is 0 Å². The van der Waals surface area contributed by atoms with Gasteiger partial charge in [0.15, 0.2) is 0 Å². The first-order chi connectivity index (χ1) is 9.25. The third-order valence-corrected chi connectivity index (χ3v) is 3.56. The number of hydrogen-bond donors (Lipinski definition) is 1. The topological polar surface area (TPSA) is 29.1 Å². The van der Waals surface area contributed by atoms with Crippen molar-refractivity contribution in [1.29, 1.82) is 0 Å². The van der Waals surface area contributed by atoms with E-state index in [4.69, 9.17) is 0 Å². The van der Waals surface area contributed by atoms with Gasteiger partial charge in [-0.3, -0.25) is 4.79 Å². The molecule has 2 rings (SSSR count). The van der Waals surface area contributed by atoms with Crippen LogP contribution in [0.3, 0.4) is 0 Å². The van der Waals surface area contributed by atoms with Crippen molar-refractivity contribution in [3.05, 3.63) is 66.0 Å². The summed E-state index contributed by atoms with van der Waals surface area (Å²) >= 11 is 1.46. The highest BCUT2D eigenvalue weighted by atomic mass is 32.2. The minimum atomic E-state index is -0.293. The maximum Gasteiger partial charge on any atom is 0.230 e. The molecule has 0 aliphatic carbocycles. The van der Waals surface area contributed by atoms with Crippen molar-refractivity contribution in [2.75, 3.05) is 5.75 Å². The molecule has 0 heterocycles. The smallest absolute Gasteiger partial charge is 0.230 e. The Morgan fingerprint density at radius 1 is 1.05 bits per heavy atom. The van der Waals surface area contributed by atoms with Crippen molar-refractivity contribution in [2.24, 2.45) is 0 Å². The van der Waals surface area contributed by atoms with E-state index < -0.39 is 0 Å². The van der Waals surface area contributed by atoms with Gasteiger partial charge in [-0.15, -0.1) is 11.8 Å². The van der Waals surface area contributed by atoms with Gasteiger partial charge in [0.05, 0.1) is 5.75 Å². The normalized spacial score (nSPS) is 10.2. The molecule has 0 atom stereocenters. The van der Waals surface area contributed by atoms with Crippen LogP contribution in [0.2, 0.25) is 0 Å². The molecule has 4 heteroatoms. The monoisotopic (exact) mass is 275 g/mol. The van der Waals surface area contributed by atoms with Crippen LogP contribution in [-0.2, 0) is 11.3 Å². The first kappa shape index (κ1) is 13.6. The molecule has 0 saturated heterocycles. The Hall–Kier alpha value is -1.81. The number of benzene rings is 2. The Morgan fingerprint density at radius 2 is 1.74 bits per heavy atom. The van der Waals surface area contributed by atoms with Crippen LogP contribution in [-0.4, -0.2) is 11.7 Å². The molecule has 1 amide bonds. The molecule has 0 radical (unpaired) electrons. The predicted molar refractivity (Wildman–Crippen MR) is 75.4 cm³/mol. The lowest BCUT2D eigenvalue weighted by atomic mass is 10.2. The molecule has 0 spiro atoms. The zero-order valence-electron chi connectivity index (χ0n) is 10.3. The second-order valence-corrected chi connectivity index (χ2v) is 5.02. The molecule has 0 fully saturated rings. The second kappa shape index (κ2) is 6.95. The van der Waals surface area contributed by atoms with E-state index in [-0.39, 0.29) is 18.3 Å². The number of rotatable bonds is 5. The van der Waals surface area contributed by atoms with Gasteiger partial charge in [0.1, 0.15) is 5.82 Å². The molecule has 98 valence electrons. The Labute approximate surface area is 116 Å². The number of carbonyl (C=O) groups excluding carboxylic acids is 1. The lowest BCUT2D eigenvalue weighted by Crippen LogP contribution is -2.24. The number of carbonyl (C=O) groups is 1. The number of amides is 1. The van der Waals surface area contributed by atoms with Gasteiger partial charge < -0.3 is 5.32 Å². The Morgan fingerprint density at radius 3 is 2.47 bits per heavy atom. The van der Waals surface area contributed by atoms with Crippen LogP contribution in [0, 0.1) is 5.82 Å². The molecule has 0 saturated carbocycles. The summed E-state index contributed by atoms with van der Waals surface area (Å²) in [4.78, 5) is 12.7. The average molecular weight is 275 g/mol. The van der Waals surface area contributed by atoms with E-state index in [1.165, 1.54) is 17.8 Å². The number of thioether (sulfide) groups is 1. The fourth-order valence-electron chi connectivity index (χ4n) is 1.55. The van der Waals surface area contributed by atoms with Gasteiger partial charge in [0.2, 0.25) is 5.91 Å². The van der Waals surface area contributed by atoms with Gasteiger partial charge in [-0.25, -0.2) is 4.39 Å². The van der Waals surface area contributed by atoms with Crippen molar-refractivity contribution in [1.82, 2.24) is 5.32 Å². The summed E-state index contributed by atoms with van der Waals surface area (Å²) in [5.74, 6) is -0.0611. The Balaban J connectivity index is 1.78. The standard InChI is InChI=1S/C15H14FNOS/c16-14-9-5-4-6-12(14)10-17-15(18)11-19-13-7-2-1-3-8-13/h1-9H,10-11H2,(H,17,18). The summed E-state index contributed by atoms with van der Waals surface area (Å²) in [6, 6.07) is 16.1. The number of nitrogens with one attached hydrogen (secondary N) is 1. The highest BCUT2D eigenvalue weighted by Crippen LogP contribution is 2.16. The SMILES string of the molecule is O=C(CSc1ccccc1)NCc1ccccc1F. The third kappa shape index (κ3) is 4.41. The van der Waals surface area contributed by atoms with Crippen LogP contribution in [0.4, 0.5) is 4.39 Å². The van der Waals surface area contributed by atoms with E-state index in [1.807, 2.05) is 30.3 Å². The van der Waals surface area contributed by atoms with Crippen molar-refractivity contribution < 1.29 is 9.18 Å². The first-order valence-corrected chi connectivity index (χ1v) is 6.92. The molecule has 0 aromatic heterocycles. The summed E-state index contributed by atoms with van der Waals surface area (Å²) < 4.78 is 13.3. The average Bonchev–Trinajstić information content (AvgIpc) is 2.45. The van der Waals surface area contributed by atoms with E-state index in [2.05, 4.69) is 5.32 Å². The Bertz CT molecular complexity index is 545. The highest BCUT2D eigenvalue weighted by molar-refractivity contribution is 8.00. The van der Waals surface area contributed by atoms with Crippen LogP contribution in [0.15, 0.2) is 59.5 Å². The molecule has 0 bridgehead atoms. The molecule has 2 nitrogen and oxygen atoms in total. The van der Waals surface area contributed by atoms with Gasteiger partial charge in [-0.1, -0.05) is 36.4 Å². The molecular formula is C15H14FNOS. The summed E-state index contributed by atoms with van der Waals surface area (Å²) in [7, 11) is 0. The quantitative estimate of drug-likeness (QED) is 0.849. The van der Waals surface area contributed by atoms with Crippen LogP contribution in [0.1, 0.15) is 5.56 Å². The number of halogens is 1. The highest BCUT2D eigenvalue weighted by Gasteiger charge is 2.05. The van der Waals surface area contributed by atoms with E-state index in [9.17, 15) is 9.18 Å². The third-order valence-electron chi connectivity index (χ3n) is 2.55. The molecular weight excluding hydrogens is 261 g/mol. The largest absolute Gasteiger partial charge is 0.351 e. The van der Waals surface area contributed by atoms with E-state index in [0.717, 1.165) is 4.90 Å². The van der Waals surface area contributed by atoms with Crippen LogP contribution < -0.4 is 5.32 Å². The van der Waals surface area contributed by atoms with Crippen molar-refractivity contribution in [2.45, 2.75) is 11.4 Å². The summed E-state index contributed by atoms with van der Waals surface area (Å²) in [5.41, 5.74) is 0.501. The van der Waals surface area contributed by atoms with Gasteiger partial charge in [0, 0.05) is 17.0 Å². The second-order valence-electron chi connectivity index (χ2n) is 3.97. The van der Waals surface area contributed by atoms with Crippen LogP contribution in [0.25, 0.3) is 0 Å². The predicted octanol–water partition coefficient (Wildman–Crippen LogP) is 3.23. The lowest BCUT2D eigenvalue weighted by molar-refractivity contribution is -0.118. The van der Waals surface area contributed by atoms with E-state index >= 15 is 0 Å². The zero-order valence-corrected chi connectivity index (χ0v) is 11.1. The number of hydrogen-bond acceptors (Lipinski definition) is 2. The van der Waals surface area contributed by atoms with Gasteiger partial charge >= 0.3 is 0 Å². The molecule has 2 aromatic carbocycles. The van der Waals surface area contributed by atoms with Gasteiger partial charge in [-0.2, -0.15) is 0 Å². The van der Waals surface area contributed by atoms with Crippen molar-refractivity contribution >= 4 is 17.7 Å². The molecule has 19 heavy (non-hydrogen) atoms. The van der Waals surface area contributed by atoms with Gasteiger partial charge in [-0.05, 0) is 18.2 Å². The Kier molecular flexibility index (Phi) is 4.98. The minimum absolute atomic E-state index is 0.0999.